The van der Waals surface area contributed by atoms with Crippen molar-refractivity contribution < 1.29 is 4.79 Å². The lowest BCUT2D eigenvalue weighted by Crippen LogP contribution is -2.42. The van der Waals surface area contributed by atoms with Crippen molar-refractivity contribution in [3.63, 3.8) is 0 Å². The number of nitrogens with one attached hydrogen (secondary N) is 2. The van der Waals surface area contributed by atoms with Crippen LogP contribution in [-0.2, 0) is 0 Å². The van der Waals surface area contributed by atoms with Crippen LogP contribution >= 0.6 is 34.3 Å². The van der Waals surface area contributed by atoms with E-state index in [4.69, 9.17) is 11.6 Å². The molecular formula is C15H15ClN2OS2. The lowest BCUT2D eigenvalue weighted by atomic mass is 9.95. The van der Waals surface area contributed by atoms with E-state index in [2.05, 4.69) is 10.6 Å². The molecule has 21 heavy (non-hydrogen) atoms. The Morgan fingerprint density at radius 3 is 2.67 bits per heavy atom. The van der Waals surface area contributed by atoms with Gasteiger partial charge in [0.15, 0.2) is 0 Å². The van der Waals surface area contributed by atoms with E-state index in [0.29, 0.717) is 12.1 Å². The maximum Gasteiger partial charge on any atom is 0.261 e. The van der Waals surface area contributed by atoms with Crippen molar-refractivity contribution in [1.82, 2.24) is 10.6 Å². The van der Waals surface area contributed by atoms with Gasteiger partial charge in [-0.1, -0.05) is 11.6 Å². The third-order valence-electron chi connectivity index (χ3n) is 4.26. The summed E-state index contributed by atoms with van der Waals surface area (Å²) in [7, 11) is 0. The highest BCUT2D eigenvalue weighted by Crippen LogP contribution is 2.35. The second kappa shape index (κ2) is 5.39. The summed E-state index contributed by atoms with van der Waals surface area (Å²) in [6.45, 7) is 0. The SMILES string of the molecule is O=C(NC1CC2CCC1N2)c1ccc(-c2ccc(Cl)s2)s1. The van der Waals surface area contributed by atoms with Crippen LogP contribution in [0.2, 0.25) is 4.34 Å². The molecule has 0 spiro atoms. The van der Waals surface area contributed by atoms with E-state index >= 15 is 0 Å². The van der Waals surface area contributed by atoms with Crippen LogP contribution < -0.4 is 10.6 Å². The Morgan fingerprint density at radius 1 is 1.19 bits per heavy atom. The fraction of sp³-hybridized carbons (Fsp3) is 0.400. The van der Waals surface area contributed by atoms with Gasteiger partial charge in [0.25, 0.3) is 5.91 Å². The quantitative estimate of drug-likeness (QED) is 0.894. The van der Waals surface area contributed by atoms with E-state index in [1.807, 2.05) is 24.3 Å². The largest absolute Gasteiger partial charge is 0.347 e. The second-order valence-corrected chi connectivity index (χ2v) is 8.43. The minimum absolute atomic E-state index is 0.0493. The van der Waals surface area contributed by atoms with Crippen LogP contribution in [-0.4, -0.2) is 24.0 Å². The average molecular weight is 339 g/mol. The van der Waals surface area contributed by atoms with Crippen LogP contribution in [0.5, 0.6) is 0 Å². The summed E-state index contributed by atoms with van der Waals surface area (Å²) in [5.74, 6) is 0.0493. The summed E-state index contributed by atoms with van der Waals surface area (Å²) in [6.07, 6.45) is 3.49. The van der Waals surface area contributed by atoms with Gasteiger partial charge in [-0.3, -0.25) is 4.79 Å². The van der Waals surface area contributed by atoms with Gasteiger partial charge in [-0.2, -0.15) is 0 Å². The van der Waals surface area contributed by atoms with Gasteiger partial charge >= 0.3 is 0 Å². The molecule has 2 aliphatic heterocycles. The Balaban J connectivity index is 1.46. The lowest BCUT2D eigenvalue weighted by Gasteiger charge is -2.20. The molecule has 4 rings (SSSR count). The number of thiophene rings is 2. The minimum atomic E-state index is 0.0493. The number of fused-ring (bicyclic) bond motifs is 2. The first-order valence-corrected chi connectivity index (χ1v) is 9.12. The maximum absolute atomic E-state index is 12.4. The van der Waals surface area contributed by atoms with Crippen molar-refractivity contribution >= 4 is 40.2 Å². The summed E-state index contributed by atoms with van der Waals surface area (Å²) in [5, 5.41) is 6.73. The second-order valence-electron chi connectivity index (χ2n) is 5.63. The van der Waals surface area contributed by atoms with Crippen molar-refractivity contribution in [3.05, 3.63) is 33.5 Å². The standard InChI is InChI=1S/C15H15ClN2OS2/c16-14-6-5-12(21-14)11-3-4-13(20-11)15(19)18-10-7-8-1-2-9(10)17-8/h3-6,8-10,17H,1-2,7H2,(H,18,19). The zero-order chi connectivity index (χ0) is 14.4. The fourth-order valence-electron chi connectivity index (χ4n) is 3.26. The van der Waals surface area contributed by atoms with Gasteiger partial charge in [0.05, 0.1) is 9.21 Å². The molecule has 3 atom stereocenters. The molecule has 2 saturated heterocycles. The van der Waals surface area contributed by atoms with Gasteiger partial charge in [-0.15, -0.1) is 22.7 Å². The van der Waals surface area contributed by atoms with E-state index in [0.717, 1.165) is 25.4 Å². The van der Waals surface area contributed by atoms with Gasteiger partial charge in [0.2, 0.25) is 0 Å². The Labute approximate surface area is 136 Å². The van der Waals surface area contributed by atoms with E-state index in [9.17, 15) is 4.79 Å². The molecule has 110 valence electrons. The molecule has 0 aliphatic carbocycles. The zero-order valence-electron chi connectivity index (χ0n) is 11.3. The highest BCUT2D eigenvalue weighted by Gasteiger charge is 2.39. The third-order valence-corrected chi connectivity index (χ3v) is 6.77. The Kier molecular flexibility index (Phi) is 3.53. The van der Waals surface area contributed by atoms with Gasteiger partial charge in [0, 0.05) is 27.9 Å². The normalized spacial score (nSPS) is 27.2. The van der Waals surface area contributed by atoms with Crippen LogP contribution in [0.1, 0.15) is 28.9 Å². The Hall–Kier alpha value is -0.880. The highest BCUT2D eigenvalue weighted by molar-refractivity contribution is 7.24. The van der Waals surface area contributed by atoms with E-state index in [1.54, 1.807) is 11.3 Å². The van der Waals surface area contributed by atoms with Crippen LogP contribution in [0.25, 0.3) is 9.75 Å². The first-order chi connectivity index (χ1) is 10.2. The molecule has 3 nitrogen and oxygen atoms in total. The van der Waals surface area contributed by atoms with Crippen LogP contribution in [0.3, 0.4) is 0 Å². The Bertz CT molecular complexity index is 681. The molecular weight excluding hydrogens is 324 g/mol. The lowest BCUT2D eigenvalue weighted by molar-refractivity contribution is 0.0935. The third kappa shape index (κ3) is 2.63. The number of carbonyl (C=O) groups is 1. The summed E-state index contributed by atoms with van der Waals surface area (Å²) >= 11 is 9.04. The number of rotatable bonds is 3. The molecule has 2 aliphatic rings. The molecule has 6 heteroatoms. The number of amides is 1. The molecule has 2 aromatic heterocycles. The van der Waals surface area contributed by atoms with Crippen molar-refractivity contribution in [1.29, 1.82) is 0 Å². The number of hydrogen-bond donors (Lipinski definition) is 2. The smallest absolute Gasteiger partial charge is 0.261 e. The van der Waals surface area contributed by atoms with E-state index < -0.39 is 0 Å². The number of halogens is 1. The van der Waals surface area contributed by atoms with Crippen LogP contribution in [0, 0.1) is 0 Å². The van der Waals surface area contributed by atoms with Gasteiger partial charge < -0.3 is 10.6 Å². The van der Waals surface area contributed by atoms with Crippen LogP contribution in [0.4, 0.5) is 0 Å². The first kappa shape index (κ1) is 13.8. The van der Waals surface area contributed by atoms with Crippen molar-refractivity contribution in [2.45, 2.75) is 37.4 Å². The van der Waals surface area contributed by atoms with E-state index in [1.165, 1.54) is 24.2 Å². The van der Waals surface area contributed by atoms with Gasteiger partial charge in [0.1, 0.15) is 0 Å². The van der Waals surface area contributed by atoms with E-state index in [-0.39, 0.29) is 11.9 Å². The average Bonchev–Trinajstić information content (AvgIpc) is 3.22. The summed E-state index contributed by atoms with van der Waals surface area (Å²) in [4.78, 5) is 15.4. The summed E-state index contributed by atoms with van der Waals surface area (Å²) in [6, 6.07) is 9.16. The highest BCUT2D eigenvalue weighted by atomic mass is 35.5. The predicted octanol–water partition coefficient (Wildman–Crippen LogP) is 3.75. The van der Waals surface area contributed by atoms with Crippen molar-refractivity contribution in [3.8, 4) is 9.75 Å². The topological polar surface area (TPSA) is 41.1 Å². The molecule has 1 amide bonds. The fourth-order valence-corrected chi connectivity index (χ4v) is 5.30. The monoisotopic (exact) mass is 338 g/mol. The molecule has 0 saturated carbocycles. The number of hydrogen-bond acceptors (Lipinski definition) is 4. The molecule has 4 heterocycles. The van der Waals surface area contributed by atoms with Crippen molar-refractivity contribution in [2.75, 3.05) is 0 Å². The molecule has 0 radical (unpaired) electrons. The number of carbonyl (C=O) groups excluding carboxylic acids is 1. The van der Waals surface area contributed by atoms with Crippen LogP contribution in [0.15, 0.2) is 24.3 Å². The zero-order valence-corrected chi connectivity index (χ0v) is 13.7. The van der Waals surface area contributed by atoms with Crippen molar-refractivity contribution in [2.24, 2.45) is 0 Å². The molecule has 3 unspecified atom stereocenters. The molecule has 2 bridgehead atoms. The minimum Gasteiger partial charge on any atom is -0.347 e. The molecule has 0 aromatic carbocycles. The summed E-state index contributed by atoms with van der Waals surface area (Å²) < 4.78 is 0.775. The molecule has 2 fully saturated rings. The maximum atomic E-state index is 12.4. The predicted molar refractivity (Wildman–Crippen MR) is 88.5 cm³/mol. The molecule has 2 N–H and O–H groups in total. The summed E-state index contributed by atoms with van der Waals surface area (Å²) in [5.41, 5.74) is 0. The molecule has 2 aromatic rings. The van der Waals surface area contributed by atoms with Gasteiger partial charge in [-0.25, -0.2) is 0 Å². The first-order valence-electron chi connectivity index (χ1n) is 7.11. The van der Waals surface area contributed by atoms with Gasteiger partial charge in [-0.05, 0) is 43.5 Å². The Morgan fingerprint density at radius 2 is 2.00 bits per heavy atom.